The Morgan fingerprint density at radius 2 is 1.90 bits per heavy atom. The average Bonchev–Trinajstić information content (AvgIpc) is 2.35. The first kappa shape index (κ1) is 17.4. The van der Waals surface area contributed by atoms with E-state index in [9.17, 15) is 9.59 Å². The number of rotatable bonds is 6. The molecule has 0 radical (unpaired) electrons. The van der Waals surface area contributed by atoms with Crippen LogP contribution in [0.15, 0.2) is 12.1 Å². The number of nitrogens with zero attached hydrogens (tertiary/aromatic N) is 2. The molecule has 0 aliphatic carbocycles. The standard InChI is InChI=1S/C15H22ClN3O2/c1-9(2)7-19(8-14(17)20)15(21)11-5-12(10(3)4)18-13(16)6-11/h5-6,9-10H,7-8H2,1-4H3,(H2,17,20). The van der Waals surface area contributed by atoms with E-state index >= 15 is 0 Å². The number of primary amides is 1. The Balaban J connectivity index is 3.10. The van der Waals surface area contributed by atoms with E-state index < -0.39 is 5.91 Å². The zero-order chi connectivity index (χ0) is 16.2. The molecular weight excluding hydrogens is 290 g/mol. The molecule has 0 unspecified atom stereocenters. The van der Waals surface area contributed by atoms with Crippen LogP contribution in [0.25, 0.3) is 0 Å². The molecule has 0 bridgehead atoms. The van der Waals surface area contributed by atoms with Crippen molar-refractivity contribution < 1.29 is 9.59 Å². The molecular formula is C15H22ClN3O2. The second-order valence-corrected chi connectivity index (χ2v) is 6.19. The molecule has 0 fully saturated rings. The predicted molar refractivity (Wildman–Crippen MR) is 83.3 cm³/mol. The minimum Gasteiger partial charge on any atom is -0.368 e. The summed E-state index contributed by atoms with van der Waals surface area (Å²) in [5, 5.41) is 0.271. The molecule has 0 aliphatic rings. The van der Waals surface area contributed by atoms with Crippen molar-refractivity contribution in [3.63, 3.8) is 0 Å². The Hall–Kier alpha value is -1.62. The van der Waals surface area contributed by atoms with Gasteiger partial charge in [-0.25, -0.2) is 4.98 Å². The van der Waals surface area contributed by atoms with Crippen LogP contribution in [0.2, 0.25) is 5.15 Å². The molecule has 1 aromatic heterocycles. The molecule has 0 aromatic carbocycles. The molecule has 0 saturated carbocycles. The SMILES string of the molecule is CC(C)CN(CC(N)=O)C(=O)c1cc(Cl)nc(C(C)C)c1. The molecule has 1 heterocycles. The van der Waals surface area contributed by atoms with Gasteiger partial charge in [-0.05, 0) is 24.0 Å². The molecule has 2 amide bonds. The molecule has 1 aromatic rings. The van der Waals surface area contributed by atoms with Gasteiger partial charge in [0.05, 0.1) is 6.54 Å². The van der Waals surface area contributed by atoms with Crippen molar-refractivity contribution >= 4 is 23.4 Å². The summed E-state index contributed by atoms with van der Waals surface area (Å²) < 4.78 is 0. The first-order valence-corrected chi connectivity index (χ1v) is 7.33. The lowest BCUT2D eigenvalue weighted by Crippen LogP contribution is -2.40. The second kappa shape index (κ2) is 7.41. The molecule has 6 heteroatoms. The van der Waals surface area contributed by atoms with Crippen LogP contribution < -0.4 is 5.73 Å². The number of nitrogens with two attached hydrogens (primary N) is 1. The Morgan fingerprint density at radius 1 is 1.29 bits per heavy atom. The quantitative estimate of drug-likeness (QED) is 0.820. The number of amides is 2. The summed E-state index contributed by atoms with van der Waals surface area (Å²) in [6, 6.07) is 3.23. The van der Waals surface area contributed by atoms with Crippen molar-refractivity contribution in [2.75, 3.05) is 13.1 Å². The zero-order valence-corrected chi connectivity index (χ0v) is 13.6. The van der Waals surface area contributed by atoms with Crippen molar-refractivity contribution in [3.05, 3.63) is 28.5 Å². The normalized spacial score (nSPS) is 11.0. The number of carbonyl (C=O) groups is 2. The van der Waals surface area contributed by atoms with Crippen molar-refractivity contribution in [2.24, 2.45) is 11.7 Å². The predicted octanol–water partition coefficient (Wildman–Crippen LogP) is 2.44. The summed E-state index contributed by atoms with van der Waals surface area (Å²) in [4.78, 5) is 29.4. The van der Waals surface area contributed by atoms with Crippen LogP contribution in [0.1, 0.15) is 49.7 Å². The fourth-order valence-electron chi connectivity index (χ4n) is 1.97. The zero-order valence-electron chi connectivity index (χ0n) is 12.9. The number of hydrogen-bond donors (Lipinski definition) is 1. The van der Waals surface area contributed by atoms with E-state index in [0.29, 0.717) is 12.1 Å². The molecule has 5 nitrogen and oxygen atoms in total. The molecule has 0 atom stereocenters. The maximum absolute atomic E-state index is 12.6. The highest BCUT2D eigenvalue weighted by Gasteiger charge is 2.20. The van der Waals surface area contributed by atoms with E-state index in [2.05, 4.69) is 4.98 Å². The van der Waals surface area contributed by atoms with Crippen LogP contribution in [0.5, 0.6) is 0 Å². The van der Waals surface area contributed by atoms with Crippen LogP contribution in [0.3, 0.4) is 0 Å². The maximum atomic E-state index is 12.6. The van der Waals surface area contributed by atoms with Gasteiger partial charge in [0.15, 0.2) is 0 Å². The summed E-state index contributed by atoms with van der Waals surface area (Å²) in [6.45, 7) is 8.25. The van der Waals surface area contributed by atoms with E-state index in [-0.39, 0.29) is 29.4 Å². The topological polar surface area (TPSA) is 76.3 Å². The Kier molecular flexibility index (Phi) is 6.15. The number of pyridine rings is 1. The average molecular weight is 312 g/mol. The monoisotopic (exact) mass is 311 g/mol. The van der Waals surface area contributed by atoms with Gasteiger partial charge in [-0.15, -0.1) is 0 Å². The Labute approximate surface area is 130 Å². The minimum atomic E-state index is -0.534. The van der Waals surface area contributed by atoms with Crippen molar-refractivity contribution in [2.45, 2.75) is 33.6 Å². The first-order chi connectivity index (χ1) is 9.70. The molecule has 1 rings (SSSR count). The van der Waals surface area contributed by atoms with Crippen LogP contribution in [0.4, 0.5) is 0 Å². The molecule has 21 heavy (non-hydrogen) atoms. The van der Waals surface area contributed by atoms with Gasteiger partial charge < -0.3 is 10.6 Å². The Morgan fingerprint density at radius 3 is 2.38 bits per heavy atom. The van der Waals surface area contributed by atoms with E-state index in [0.717, 1.165) is 5.69 Å². The molecule has 0 saturated heterocycles. The van der Waals surface area contributed by atoms with Gasteiger partial charge >= 0.3 is 0 Å². The number of carbonyl (C=O) groups excluding carboxylic acids is 2. The first-order valence-electron chi connectivity index (χ1n) is 6.95. The summed E-state index contributed by atoms with van der Waals surface area (Å²) in [6.07, 6.45) is 0. The van der Waals surface area contributed by atoms with Crippen molar-refractivity contribution in [1.29, 1.82) is 0 Å². The van der Waals surface area contributed by atoms with Crippen LogP contribution in [-0.2, 0) is 4.79 Å². The lowest BCUT2D eigenvalue weighted by molar-refractivity contribution is -0.118. The second-order valence-electron chi connectivity index (χ2n) is 5.80. The van der Waals surface area contributed by atoms with Gasteiger partial charge in [-0.2, -0.15) is 0 Å². The summed E-state index contributed by atoms with van der Waals surface area (Å²) in [5.74, 6) is -0.401. The molecule has 116 valence electrons. The molecule has 0 spiro atoms. The third-order valence-electron chi connectivity index (χ3n) is 2.87. The van der Waals surface area contributed by atoms with Gasteiger partial charge in [0.25, 0.3) is 5.91 Å². The third-order valence-corrected chi connectivity index (χ3v) is 3.07. The fraction of sp³-hybridized carbons (Fsp3) is 0.533. The summed E-state index contributed by atoms with van der Waals surface area (Å²) in [5.41, 5.74) is 6.40. The number of hydrogen-bond acceptors (Lipinski definition) is 3. The largest absolute Gasteiger partial charge is 0.368 e. The van der Waals surface area contributed by atoms with E-state index in [1.807, 2.05) is 27.7 Å². The highest BCUT2D eigenvalue weighted by atomic mass is 35.5. The smallest absolute Gasteiger partial charge is 0.254 e. The van der Waals surface area contributed by atoms with Crippen molar-refractivity contribution in [3.8, 4) is 0 Å². The summed E-state index contributed by atoms with van der Waals surface area (Å²) in [7, 11) is 0. The maximum Gasteiger partial charge on any atom is 0.254 e. The van der Waals surface area contributed by atoms with Gasteiger partial charge in [0.2, 0.25) is 5.91 Å². The van der Waals surface area contributed by atoms with E-state index in [1.165, 1.54) is 11.0 Å². The van der Waals surface area contributed by atoms with E-state index in [1.54, 1.807) is 6.07 Å². The molecule has 2 N–H and O–H groups in total. The number of aromatic nitrogens is 1. The van der Waals surface area contributed by atoms with Crippen LogP contribution in [0, 0.1) is 5.92 Å². The number of halogens is 1. The van der Waals surface area contributed by atoms with Crippen molar-refractivity contribution in [1.82, 2.24) is 9.88 Å². The fourth-order valence-corrected chi connectivity index (χ4v) is 2.18. The lowest BCUT2D eigenvalue weighted by Gasteiger charge is -2.23. The van der Waals surface area contributed by atoms with Gasteiger partial charge in [0.1, 0.15) is 5.15 Å². The van der Waals surface area contributed by atoms with Gasteiger partial charge in [0, 0.05) is 17.8 Å². The van der Waals surface area contributed by atoms with Crippen LogP contribution in [-0.4, -0.2) is 34.8 Å². The van der Waals surface area contributed by atoms with Crippen LogP contribution >= 0.6 is 11.6 Å². The summed E-state index contributed by atoms with van der Waals surface area (Å²) >= 11 is 5.98. The highest BCUT2D eigenvalue weighted by molar-refractivity contribution is 6.29. The highest BCUT2D eigenvalue weighted by Crippen LogP contribution is 2.19. The third kappa shape index (κ3) is 5.34. The minimum absolute atomic E-state index is 0.103. The van der Waals surface area contributed by atoms with Gasteiger partial charge in [-0.3, -0.25) is 9.59 Å². The lowest BCUT2D eigenvalue weighted by atomic mass is 10.1. The van der Waals surface area contributed by atoms with E-state index in [4.69, 9.17) is 17.3 Å². The molecule has 0 aliphatic heterocycles. The Bertz CT molecular complexity index is 530. The van der Waals surface area contributed by atoms with Gasteiger partial charge in [-0.1, -0.05) is 39.3 Å².